The molecular weight excluding hydrogens is 318 g/mol. The lowest BCUT2D eigenvalue weighted by Crippen LogP contribution is -2.23. The lowest BCUT2D eigenvalue weighted by Gasteiger charge is -2.17. The number of methoxy groups -OCH3 is 1. The fourth-order valence-corrected chi connectivity index (χ4v) is 2.54. The van der Waals surface area contributed by atoms with Gasteiger partial charge in [0.1, 0.15) is 11.5 Å². The van der Waals surface area contributed by atoms with Crippen LogP contribution >= 0.6 is 15.9 Å². The predicted octanol–water partition coefficient (Wildman–Crippen LogP) is 4.33. The minimum Gasteiger partial charge on any atom is -0.497 e. The Kier molecular flexibility index (Phi) is 5.68. The van der Waals surface area contributed by atoms with Gasteiger partial charge < -0.3 is 14.5 Å². The van der Waals surface area contributed by atoms with Gasteiger partial charge in [0.2, 0.25) is 0 Å². The molecule has 2 aromatic rings. The van der Waals surface area contributed by atoms with Crippen LogP contribution in [-0.2, 0) is 6.42 Å². The minimum absolute atomic E-state index is 0.174. The van der Waals surface area contributed by atoms with Crippen LogP contribution in [0, 0.1) is 0 Å². The molecule has 0 saturated carbocycles. The molecule has 4 heteroatoms. The zero-order valence-corrected chi connectivity index (χ0v) is 13.4. The van der Waals surface area contributed by atoms with Crippen LogP contribution < -0.4 is 10.1 Å². The molecule has 20 heavy (non-hydrogen) atoms. The Bertz CT molecular complexity index is 525. The standard InChI is InChI=1S/C16H20BrNO2/c1-3-8-18-15(16-5-4-9-20-16)11-12-10-13(19-2)6-7-14(12)17/h4-7,9-10,15,18H,3,8,11H2,1-2H3. The third kappa shape index (κ3) is 3.87. The summed E-state index contributed by atoms with van der Waals surface area (Å²) in [6.45, 7) is 3.13. The molecule has 1 unspecified atom stereocenters. The van der Waals surface area contributed by atoms with E-state index in [2.05, 4.69) is 34.2 Å². The highest BCUT2D eigenvalue weighted by Gasteiger charge is 2.16. The second-order valence-electron chi connectivity index (χ2n) is 4.68. The maximum Gasteiger partial charge on any atom is 0.121 e. The lowest BCUT2D eigenvalue weighted by atomic mass is 10.0. The molecule has 0 bridgehead atoms. The van der Waals surface area contributed by atoms with Gasteiger partial charge in [-0.05, 0) is 55.3 Å². The van der Waals surface area contributed by atoms with Crippen LogP contribution in [0.2, 0.25) is 0 Å². The van der Waals surface area contributed by atoms with Crippen molar-refractivity contribution in [2.75, 3.05) is 13.7 Å². The van der Waals surface area contributed by atoms with Crippen LogP contribution in [-0.4, -0.2) is 13.7 Å². The molecule has 1 N–H and O–H groups in total. The third-order valence-corrected chi connectivity index (χ3v) is 3.98. The van der Waals surface area contributed by atoms with Gasteiger partial charge in [-0.3, -0.25) is 0 Å². The zero-order valence-electron chi connectivity index (χ0n) is 11.9. The van der Waals surface area contributed by atoms with E-state index in [4.69, 9.17) is 9.15 Å². The summed E-state index contributed by atoms with van der Waals surface area (Å²) in [6.07, 6.45) is 3.67. The Labute approximate surface area is 128 Å². The van der Waals surface area contributed by atoms with Crippen molar-refractivity contribution in [1.29, 1.82) is 0 Å². The van der Waals surface area contributed by atoms with Gasteiger partial charge in [0, 0.05) is 4.47 Å². The van der Waals surface area contributed by atoms with Gasteiger partial charge >= 0.3 is 0 Å². The lowest BCUT2D eigenvalue weighted by molar-refractivity contribution is 0.404. The van der Waals surface area contributed by atoms with Gasteiger partial charge in [0.15, 0.2) is 0 Å². The van der Waals surface area contributed by atoms with Crippen LogP contribution in [0.15, 0.2) is 45.5 Å². The number of nitrogens with one attached hydrogen (secondary N) is 1. The predicted molar refractivity (Wildman–Crippen MR) is 84.1 cm³/mol. The zero-order chi connectivity index (χ0) is 14.4. The average Bonchev–Trinajstić information content (AvgIpc) is 2.99. The van der Waals surface area contributed by atoms with Crippen molar-refractivity contribution in [1.82, 2.24) is 5.32 Å². The maximum atomic E-state index is 5.55. The van der Waals surface area contributed by atoms with E-state index in [0.29, 0.717) is 0 Å². The molecule has 1 aromatic heterocycles. The van der Waals surface area contributed by atoms with E-state index in [9.17, 15) is 0 Å². The highest BCUT2D eigenvalue weighted by atomic mass is 79.9. The summed E-state index contributed by atoms with van der Waals surface area (Å²) in [4.78, 5) is 0. The van der Waals surface area contributed by atoms with Crippen LogP contribution in [0.5, 0.6) is 5.75 Å². The molecular formula is C16H20BrNO2. The molecule has 0 amide bonds. The van der Waals surface area contributed by atoms with Crippen molar-refractivity contribution in [3.63, 3.8) is 0 Å². The Hall–Kier alpha value is -1.26. The van der Waals surface area contributed by atoms with E-state index in [1.54, 1.807) is 13.4 Å². The highest BCUT2D eigenvalue weighted by Crippen LogP contribution is 2.27. The Balaban J connectivity index is 2.18. The first-order valence-electron chi connectivity index (χ1n) is 6.83. The summed E-state index contributed by atoms with van der Waals surface area (Å²) in [5, 5.41) is 3.53. The Morgan fingerprint density at radius 1 is 1.35 bits per heavy atom. The molecule has 0 radical (unpaired) electrons. The van der Waals surface area contributed by atoms with E-state index in [0.717, 1.165) is 35.4 Å². The molecule has 1 aromatic carbocycles. The molecule has 0 fully saturated rings. The fourth-order valence-electron chi connectivity index (χ4n) is 2.14. The number of rotatable bonds is 7. The molecule has 0 aliphatic carbocycles. The minimum atomic E-state index is 0.174. The van der Waals surface area contributed by atoms with Gasteiger partial charge in [-0.1, -0.05) is 22.9 Å². The van der Waals surface area contributed by atoms with E-state index < -0.39 is 0 Å². The van der Waals surface area contributed by atoms with E-state index in [1.165, 1.54) is 5.56 Å². The second kappa shape index (κ2) is 7.50. The largest absolute Gasteiger partial charge is 0.497 e. The monoisotopic (exact) mass is 337 g/mol. The highest BCUT2D eigenvalue weighted by molar-refractivity contribution is 9.10. The molecule has 0 saturated heterocycles. The van der Waals surface area contributed by atoms with Crippen molar-refractivity contribution < 1.29 is 9.15 Å². The molecule has 3 nitrogen and oxygen atoms in total. The van der Waals surface area contributed by atoms with Gasteiger partial charge in [0.25, 0.3) is 0 Å². The molecule has 1 heterocycles. The fraction of sp³-hybridized carbons (Fsp3) is 0.375. The number of benzene rings is 1. The Morgan fingerprint density at radius 3 is 2.85 bits per heavy atom. The van der Waals surface area contributed by atoms with Crippen molar-refractivity contribution >= 4 is 15.9 Å². The third-order valence-electron chi connectivity index (χ3n) is 3.20. The second-order valence-corrected chi connectivity index (χ2v) is 5.54. The van der Waals surface area contributed by atoms with Crippen molar-refractivity contribution in [3.05, 3.63) is 52.4 Å². The van der Waals surface area contributed by atoms with Crippen LogP contribution in [0.25, 0.3) is 0 Å². The van der Waals surface area contributed by atoms with Crippen molar-refractivity contribution in [3.8, 4) is 5.75 Å². The quantitative estimate of drug-likeness (QED) is 0.816. The molecule has 0 aliphatic rings. The molecule has 0 aliphatic heterocycles. The Morgan fingerprint density at radius 2 is 2.20 bits per heavy atom. The maximum absolute atomic E-state index is 5.55. The summed E-state index contributed by atoms with van der Waals surface area (Å²) < 4.78 is 11.9. The summed E-state index contributed by atoms with van der Waals surface area (Å²) >= 11 is 3.61. The van der Waals surface area contributed by atoms with Gasteiger partial charge in [-0.15, -0.1) is 0 Å². The molecule has 0 spiro atoms. The van der Waals surface area contributed by atoms with Crippen molar-refractivity contribution in [2.45, 2.75) is 25.8 Å². The van der Waals surface area contributed by atoms with Crippen LogP contribution in [0.1, 0.15) is 30.7 Å². The van der Waals surface area contributed by atoms with E-state index in [-0.39, 0.29) is 6.04 Å². The average molecular weight is 338 g/mol. The summed E-state index contributed by atoms with van der Waals surface area (Å²) in [6, 6.07) is 10.2. The summed E-state index contributed by atoms with van der Waals surface area (Å²) in [7, 11) is 1.69. The van der Waals surface area contributed by atoms with Gasteiger partial charge in [-0.25, -0.2) is 0 Å². The molecule has 1 atom stereocenters. The van der Waals surface area contributed by atoms with Gasteiger partial charge in [0.05, 0.1) is 19.4 Å². The molecule has 108 valence electrons. The number of furan rings is 1. The smallest absolute Gasteiger partial charge is 0.121 e. The van der Waals surface area contributed by atoms with Gasteiger partial charge in [-0.2, -0.15) is 0 Å². The number of halogens is 1. The number of hydrogen-bond donors (Lipinski definition) is 1. The molecule has 2 rings (SSSR count). The summed E-state index contributed by atoms with van der Waals surface area (Å²) in [5.74, 6) is 1.84. The van der Waals surface area contributed by atoms with Crippen LogP contribution in [0.3, 0.4) is 0 Å². The van der Waals surface area contributed by atoms with Crippen molar-refractivity contribution in [2.24, 2.45) is 0 Å². The van der Waals surface area contributed by atoms with E-state index >= 15 is 0 Å². The number of hydrogen-bond acceptors (Lipinski definition) is 3. The SMILES string of the molecule is CCCNC(Cc1cc(OC)ccc1Br)c1ccco1. The summed E-state index contributed by atoms with van der Waals surface area (Å²) in [5.41, 5.74) is 1.20. The normalized spacial score (nSPS) is 12.3. The number of ether oxygens (including phenoxy) is 1. The van der Waals surface area contributed by atoms with E-state index in [1.807, 2.05) is 24.3 Å². The first kappa shape index (κ1) is 15.1. The first-order valence-corrected chi connectivity index (χ1v) is 7.63. The van der Waals surface area contributed by atoms with Crippen LogP contribution in [0.4, 0.5) is 0 Å². The first-order chi connectivity index (χ1) is 9.74. The topological polar surface area (TPSA) is 34.4 Å².